The number of methoxy groups -OCH3 is 2. The molecule has 14 heteroatoms. The van der Waals surface area contributed by atoms with Crippen LogP contribution in [0, 0.1) is 11.6 Å². The molecule has 3 heterocycles. The third kappa shape index (κ3) is 6.35. The van der Waals surface area contributed by atoms with Crippen LogP contribution >= 0.6 is 11.6 Å². The van der Waals surface area contributed by atoms with Gasteiger partial charge in [-0.15, -0.1) is 0 Å². The molecule has 1 fully saturated rings. The molecule has 5 rings (SSSR count). The van der Waals surface area contributed by atoms with Gasteiger partial charge in [-0.2, -0.15) is 0 Å². The summed E-state index contributed by atoms with van der Waals surface area (Å²) in [5.74, 6) is -4.99. The number of anilines is 5. The Hall–Kier alpha value is -4.88. The number of nitrogens with two attached hydrogens (primary N) is 1. The average molecular weight is 641 g/mol. The van der Waals surface area contributed by atoms with Crippen LogP contribution in [0.2, 0.25) is 0 Å². The number of halogens is 3. The number of nitrogens with one attached hydrogen (secondary N) is 2. The molecule has 1 aliphatic heterocycles. The van der Waals surface area contributed by atoms with Crippen LogP contribution in [-0.2, 0) is 4.79 Å². The van der Waals surface area contributed by atoms with Crippen molar-refractivity contribution >= 4 is 62.8 Å². The molecular weight excluding hydrogens is 610 g/mol. The van der Waals surface area contributed by atoms with Crippen LogP contribution in [0.5, 0.6) is 11.5 Å². The summed E-state index contributed by atoms with van der Waals surface area (Å²) in [5, 5.41) is 6.26. The number of hydrogen-bond acceptors (Lipinski definition) is 10. The smallest absolute Gasteiger partial charge is 0.249 e. The Morgan fingerprint density at radius 3 is 2.38 bits per heavy atom. The number of benzene rings is 2. The molecule has 11 nitrogen and oxygen atoms in total. The molecule has 2 aromatic carbocycles. The number of piperazine rings is 1. The lowest BCUT2D eigenvalue weighted by Crippen LogP contribution is -2.46. The minimum absolute atomic E-state index is 0.111. The second kappa shape index (κ2) is 13.4. The van der Waals surface area contributed by atoms with E-state index in [9.17, 15) is 9.59 Å². The minimum atomic E-state index is -1.23. The molecule has 0 radical (unpaired) electrons. The van der Waals surface area contributed by atoms with E-state index in [0.717, 1.165) is 50.0 Å². The van der Waals surface area contributed by atoms with Crippen LogP contribution < -0.4 is 30.7 Å². The number of furan rings is 1. The summed E-state index contributed by atoms with van der Waals surface area (Å²) in [4.78, 5) is 34.7. The number of carbonyl (C=O) groups is 2. The standard InChI is InChI=1S/C31H31ClF2N6O5/c1-4-39-9-11-40(12-10-39)17-5-6-19(20(13-17)38-25(41)7-8-32)37-24-14-18-23(16-36-24)45-31(29(18)35)30(42)26-27(33)21(43-2)15-22(44-3)28(26)34/h5-8,13-16H,4,9-12,35H2,1-3H3,(H,36,37)(H,38,41)/b8-7-. The predicted octanol–water partition coefficient (Wildman–Crippen LogP) is 5.51. The minimum Gasteiger partial charge on any atom is -0.494 e. The summed E-state index contributed by atoms with van der Waals surface area (Å²) < 4.78 is 45.6. The zero-order chi connectivity index (χ0) is 32.2. The Labute approximate surface area is 262 Å². The Bertz CT molecular complexity index is 1760. The molecule has 1 amide bonds. The highest BCUT2D eigenvalue weighted by Crippen LogP contribution is 2.37. The molecule has 1 aliphatic rings. The van der Waals surface area contributed by atoms with Crippen molar-refractivity contribution in [2.24, 2.45) is 0 Å². The zero-order valence-electron chi connectivity index (χ0n) is 24.7. The summed E-state index contributed by atoms with van der Waals surface area (Å²) in [6.45, 7) is 6.65. The largest absolute Gasteiger partial charge is 0.494 e. The molecule has 4 aromatic rings. The van der Waals surface area contributed by atoms with Crippen LogP contribution in [0.3, 0.4) is 0 Å². The maximum absolute atomic E-state index is 15.0. The van der Waals surface area contributed by atoms with E-state index >= 15 is 8.78 Å². The van der Waals surface area contributed by atoms with Crippen molar-refractivity contribution in [3.05, 3.63) is 71.1 Å². The molecule has 0 saturated carbocycles. The van der Waals surface area contributed by atoms with E-state index in [4.69, 9.17) is 31.2 Å². The Kier molecular flexibility index (Phi) is 9.40. The SMILES string of the molecule is CCN1CCN(c2ccc(Nc3cc4c(N)c(C(=O)c5c(F)c(OC)cc(OC)c5F)oc4cn3)c(NC(=O)/C=C\Cl)c2)CC1. The second-order valence-corrected chi connectivity index (χ2v) is 10.3. The normalized spacial score (nSPS) is 13.8. The molecule has 1 saturated heterocycles. The number of pyridine rings is 1. The van der Waals surface area contributed by atoms with E-state index in [1.165, 1.54) is 32.6 Å². The first-order valence-electron chi connectivity index (χ1n) is 14.0. The fraction of sp³-hybridized carbons (Fsp3) is 0.258. The maximum atomic E-state index is 15.0. The van der Waals surface area contributed by atoms with E-state index < -0.39 is 46.1 Å². The molecule has 2 aromatic heterocycles. The number of aromatic nitrogens is 1. The molecule has 0 aliphatic carbocycles. The second-order valence-electron chi connectivity index (χ2n) is 10.1. The number of ether oxygens (including phenoxy) is 2. The van der Waals surface area contributed by atoms with Crippen molar-refractivity contribution in [1.82, 2.24) is 9.88 Å². The number of nitrogens with zero attached hydrogens (tertiary/aromatic N) is 3. The van der Waals surface area contributed by atoms with Gasteiger partial charge in [-0.3, -0.25) is 9.59 Å². The predicted molar refractivity (Wildman–Crippen MR) is 169 cm³/mol. The van der Waals surface area contributed by atoms with Crippen LogP contribution in [0.15, 0.2) is 52.6 Å². The average Bonchev–Trinajstić information content (AvgIpc) is 3.37. The summed E-state index contributed by atoms with van der Waals surface area (Å²) in [5.41, 5.74) is 8.33. The summed E-state index contributed by atoms with van der Waals surface area (Å²) >= 11 is 5.62. The van der Waals surface area contributed by atoms with Gasteiger partial charge < -0.3 is 40.1 Å². The van der Waals surface area contributed by atoms with Gasteiger partial charge in [-0.1, -0.05) is 18.5 Å². The number of rotatable bonds is 10. The Balaban J connectivity index is 1.47. The quantitative estimate of drug-likeness (QED) is 0.150. The van der Waals surface area contributed by atoms with Crippen molar-refractivity contribution < 1.29 is 32.3 Å². The Morgan fingerprint density at radius 2 is 1.76 bits per heavy atom. The first-order chi connectivity index (χ1) is 21.7. The van der Waals surface area contributed by atoms with Gasteiger partial charge in [0.2, 0.25) is 11.7 Å². The molecule has 0 spiro atoms. The van der Waals surface area contributed by atoms with Crippen LogP contribution in [0.4, 0.5) is 37.3 Å². The number of fused-ring (bicyclic) bond motifs is 1. The molecule has 0 atom stereocenters. The fourth-order valence-corrected chi connectivity index (χ4v) is 5.21. The van der Waals surface area contributed by atoms with Crippen molar-refractivity contribution in [2.45, 2.75) is 6.92 Å². The molecule has 0 bridgehead atoms. The van der Waals surface area contributed by atoms with E-state index in [2.05, 4.69) is 32.3 Å². The van der Waals surface area contributed by atoms with Gasteiger partial charge in [0.05, 0.1) is 37.5 Å². The first-order valence-corrected chi connectivity index (χ1v) is 14.4. The molecule has 45 heavy (non-hydrogen) atoms. The van der Waals surface area contributed by atoms with Crippen LogP contribution in [-0.4, -0.2) is 68.5 Å². The number of nitrogen functional groups attached to an aromatic ring is 1. The van der Waals surface area contributed by atoms with E-state index in [1.54, 1.807) is 0 Å². The van der Waals surface area contributed by atoms with Gasteiger partial charge in [0.15, 0.2) is 34.5 Å². The van der Waals surface area contributed by atoms with Gasteiger partial charge in [0, 0.05) is 54.9 Å². The highest BCUT2D eigenvalue weighted by Gasteiger charge is 2.30. The number of hydrogen-bond donors (Lipinski definition) is 3. The number of likely N-dealkylation sites (N-methyl/N-ethyl adjacent to an activating group) is 1. The van der Waals surface area contributed by atoms with Crippen molar-refractivity contribution in [3.8, 4) is 11.5 Å². The van der Waals surface area contributed by atoms with Crippen LogP contribution in [0.25, 0.3) is 11.0 Å². The van der Waals surface area contributed by atoms with E-state index in [-0.39, 0.29) is 16.7 Å². The lowest BCUT2D eigenvalue weighted by molar-refractivity contribution is -0.111. The Morgan fingerprint density at radius 1 is 1.07 bits per heavy atom. The lowest BCUT2D eigenvalue weighted by Gasteiger charge is -2.35. The first kappa shape index (κ1) is 31.5. The fourth-order valence-electron chi connectivity index (χ4n) is 5.09. The van der Waals surface area contributed by atoms with Gasteiger partial charge in [0.25, 0.3) is 0 Å². The third-order valence-corrected chi connectivity index (χ3v) is 7.67. The zero-order valence-corrected chi connectivity index (χ0v) is 25.5. The number of amides is 1. The van der Waals surface area contributed by atoms with Gasteiger partial charge in [-0.05, 0) is 30.8 Å². The molecular formula is C31H31ClF2N6O5. The number of carbonyl (C=O) groups excluding carboxylic acids is 2. The van der Waals surface area contributed by atoms with Gasteiger partial charge >= 0.3 is 0 Å². The highest BCUT2D eigenvalue weighted by atomic mass is 35.5. The van der Waals surface area contributed by atoms with Crippen molar-refractivity contribution in [1.29, 1.82) is 0 Å². The van der Waals surface area contributed by atoms with Crippen molar-refractivity contribution in [3.63, 3.8) is 0 Å². The molecule has 0 unspecified atom stereocenters. The maximum Gasteiger partial charge on any atom is 0.249 e. The van der Waals surface area contributed by atoms with E-state index in [1.807, 2.05) is 18.2 Å². The van der Waals surface area contributed by atoms with E-state index in [0.29, 0.717) is 17.2 Å². The topological polar surface area (TPSA) is 135 Å². The summed E-state index contributed by atoms with van der Waals surface area (Å²) in [6, 6.07) is 8.11. The molecule has 236 valence electrons. The van der Waals surface area contributed by atoms with Crippen molar-refractivity contribution in [2.75, 3.05) is 68.2 Å². The summed E-state index contributed by atoms with van der Waals surface area (Å²) in [6.07, 6.45) is 2.51. The third-order valence-electron chi connectivity index (χ3n) is 7.54. The van der Waals surface area contributed by atoms with Crippen LogP contribution in [0.1, 0.15) is 23.0 Å². The summed E-state index contributed by atoms with van der Waals surface area (Å²) in [7, 11) is 2.35. The molecule has 4 N–H and O–H groups in total. The number of ketones is 1. The monoisotopic (exact) mass is 640 g/mol. The van der Waals surface area contributed by atoms with Gasteiger partial charge in [-0.25, -0.2) is 13.8 Å². The lowest BCUT2D eigenvalue weighted by atomic mass is 10.0. The van der Waals surface area contributed by atoms with Gasteiger partial charge in [0.1, 0.15) is 11.4 Å². The highest BCUT2D eigenvalue weighted by molar-refractivity contribution is 6.27.